The lowest BCUT2D eigenvalue weighted by molar-refractivity contribution is -0.134. The van der Waals surface area contributed by atoms with Crippen LogP contribution in [0.25, 0.3) is 0 Å². The zero-order valence-corrected chi connectivity index (χ0v) is 29.3. The molecule has 5 N–H and O–H groups in total. The van der Waals surface area contributed by atoms with Crippen LogP contribution in [0.15, 0.2) is 66.7 Å². The summed E-state index contributed by atoms with van der Waals surface area (Å²) >= 11 is 0. The first kappa shape index (κ1) is 36.8. The number of ether oxygens (including phenoxy) is 2. The number of nitrogens with zero attached hydrogens (tertiary/aromatic N) is 3. The van der Waals surface area contributed by atoms with Crippen molar-refractivity contribution in [2.75, 3.05) is 76.0 Å². The van der Waals surface area contributed by atoms with Crippen molar-refractivity contribution in [3.8, 4) is 5.75 Å². The molecule has 50 heavy (non-hydrogen) atoms. The quantitative estimate of drug-likeness (QED) is 0.210. The van der Waals surface area contributed by atoms with E-state index in [1.54, 1.807) is 29.2 Å². The van der Waals surface area contributed by atoms with Gasteiger partial charge < -0.3 is 35.8 Å². The molecule has 2 aliphatic rings. The highest BCUT2D eigenvalue weighted by Crippen LogP contribution is 2.29. The van der Waals surface area contributed by atoms with Crippen LogP contribution in [0.3, 0.4) is 0 Å². The van der Waals surface area contributed by atoms with Gasteiger partial charge in [-0.15, -0.1) is 0 Å². The molecule has 1 fully saturated rings. The number of aliphatic hydroxyl groups is 1. The van der Waals surface area contributed by atoms with Gasteiger partial charge in [-0.05, 0) is 62.0 Å². The Morgan fingerprint density at radius 2 is 1.80 bits per heavy atom. The zero-order chi connectivity index (χ0) is 35.6. The van der Waals surface area contributed by atoms with Gasteiger partial charge in [0.1, 0.15) is 11.9 Å². The molecule has 0 aromatic heterocycles. The van der Waals surface area contributed by atoms with Gasteiger partial charge in [0.15, 0.2) is 0 Å². The van der Waals surface area contributed by atoms with Crippen LogP contribution < -0.4 is 21.1 Å². The number of morpholine rings is 1. The van der Waals surface area contributed by atoms with E-state index in [1.165, 1.54) is 0 Å². The summed E-state index contributed by atoms with van der Waals surface area (Å²) in [5.41, 5.74) is 9.90. The molecule has 2 heterocycles. The topological polar surface area (TPSA) is 150 Å². The van der Waals surface area contributed by atoms with E-state index in [-0.39, 0.29) is 48.8 Å². The number of carbonyl (C=O) groups is 3. The Kier molecular flexibility index (Phi) is 12.8. The summed E-state index contributed by atoms with van der Waals surface area (Å²) in [6.07, 6.45) is 0.163. The summed E-state index contributed by atoms with van der Waals surface area (Å²) < 4.78 is 12.1. The van der Waals surface area contributed by atoms with E-state index >= 15 is 0 Å². The second-order valence-corrected chi connectivity index (χ2v) is 13.4. The summed E-state index contributed by atoms with van der Waals surface area (Å²) in [6, 6.07) is 19.7. The number of nitrogen functional groups attached to an aromatic ring is 1. The lowest BCUT2D eigenvalue weighted by atomic mass is 10.0. The molecule has 0 saturated carbocycles. The van der Waals surface area contributed by atoms with Crippen LogP contribution >= 0.6 is 0 Å². The number of rotatable bonds is 12. The van der Waals surface area contributed by atoms with Gasteiger partial charge in [-0.25, -0.2) is 0 Å². The highest BCUT2D eigenvalue weighted by molar-refractivity contribution is 6.05. The number of nitrogens with one attached hydrogen (secondary N) is 2. The van der Waals surface area contributed by atoms with E-state index in [4.69, 9.17) is 15.2 Å². The Bertz CT molecular complexity index is 1610. The highest BCUT2D eigenvalue weighted by Gasteiger charge is 2.31. The van der Waals surface area contributed by atoms with Gasteiger partial charge in [-0.1, -0.05) is 31.2 Å². The minimum Gasteiger partial charge on any atom is -0.488 e. The molecule has 1 saturated heterocycles. The molecule has 5 rings (SSSR count). The number of carbonyl (C=O) groups excluding carboxylic acids is 3. The molecule has 3 atom stereocenters. The molecule has 3 aromatic rings. The predicted molar refractivity (Wildman–Crippen MR) is 194 cm³/mol. The van der Waals surface area contributed by atoms with Crippen molar-refractivity contribution in [1.82, 2.24) is 14.7 Å². The molecule has 2 aliphatic heterocycles. The number of para-hydroxylation sites is 2. The number of fused-ring (bicyclic) bond motifs is 1. The smallest absolute Gasteiger partial charge is 0.255 e. The Morgan fingerprint density at radius 3 is 2.52 bits per heavy atom. The summed E-state index contributed by atoms with van der Waals surface area (Å²) in [5.74, 6) is 0.110. The van der Waals surface area contributed by atoms with Gasteiger partial charge in [0.25, 0.3) is 5.91 Å². The molecule has 3 amide bonds. The highest BCUT2D eigenvalue weighted by atomic mass is 16.5. The molecule has 0 radical (unpaired) electrons. The van der Waals surface area contributed by atoms with Gasteiger partial charge in [-0.3, -0.25) is 24.2 Å². The SMILES string of the molecule is C[C@H](CO)N1C[C@H](C)[C@@H](CN(C)Cc2ccc(C(=O)Nc3ccccc3N)cc2)Oc2ccc(NC(=O)CCN3CCOCC3)cc2CC1=O. The van der Waals surface area contributed by atoms with E-state index in [9.17, 15) is 19.5 Å². The number of aliphatic hydroxyl groups excluding tert-OH is 1. The lowest BCUT2D eigenvalue weighted by Gasteiger charge is -2.34. The van der Waals surface area contributed by atoms with Gasteiger partial charge in [0, 0.05) is 68.4 Å². The summed E-state index contributed by atoms with van der Waals surface area (Å²) in [4.78, 5) is 45.3. The fraction of sp³-hybridized carbons (Fsp3) is 0.447. The monoisotopic (exact) mass is 686 g/mol. The van der Waals surface area contributed by atoms with E-state index in [1.807, 2.05) is 56.4 Å². The minimum atomic E-state index is -0.359. The van der Waals surface area contributed by atoms with Crippen molar-refractivity contribution in [3.63, 3.8) is 0 Å². The van der Waals surface area contributed by atoms with Crippen molar-refractivity contribution < 1.29 is 29.0 Å². The maximum absolute atomic E-state index is 13.6. The Labute approximate surface area is 294 Å². The van der Waals surface area contributed by atoms with E-state index in [0.29, 0.717) is 79.8 Å². The summed E-state index contributed by atoms with van der Waals surface area (Å²) in [7, 11) is 2.01. The summed E-state index contributed by atoms with van der Waals surface area (Å²) in [5, 5.41) is 15.9. The van der Waals surface area contributed by atoms with Crippen molar-refractivity contribution in [3.05, 3.63) is 83.4 Å². The Balaban J connectivity index is 1.26. The average molecular weight is 687 g/mol. The number of nitrogens with two attached hydrogens (primary N) is 1. The average Bonchev–Trinajstić information content (AvgIpc) is 3.15. The third-order valence-corrected chi connectivity index (χ3v) is 9.33. The van der Waals surface area contributed by atoms with Gasteiger partial charge >= 0.3 is 0 Å². The number of likely N-dealkylation sites (N-methyl/N-ethyl adjacent to an activating group) is 1. The van der Waals surface area contributed by atoms with Crippen LogP contribution in [0.1, 0.15) is 41.8 Å². The van der Waals surface area contributed by atoms with Crippen molar-refractivity contribution >= 4 is 34.8 Å². The minimum absolute atomic E-state index is 0.0580. The first-order valence-corrected chi connectivity index (χ1v) is 17.3. The molecular formula is C38H50N6O6. The third-order valence-electron chi connectivity index (χ3n) is 9.33. The van der Waals surface area contributed by atoms with Gasteiger partial charge in [-0.2, -0.15) is 0 Å². The number of hydrogen-bond donors (Lipinski definition) is 4. The zero-order valence-electron chi connectivity index (χ0n) is 29.3. The first-order chi connectivity index (χ1) is 24.1. The largest absolute Gasteiger partial charge is 0.488 e. The molecule has 0 spiro atoms. The molecule has 0 aliphatic carbocycles. The number of hydrogen-bond acceptors (Lipinski definition) is 9. The maximum Gasteiger partial charge on any atom is 0.255 e. The van der Waals surface area contributed by atoms with E-state index in [0.717, 1.165) is 18.7 Å². The Hall–Kier alpha value is -4.49. The molecular weight excluding hydrogens is 636 g/mol. The normalized spacial score (nSPS) is 19.1. The molecule has 0 unspecified atom stereocenters. The predicted octanol–water partition coefficient (Wildman–Crippen LogP) is 3.46. The van der Waals surface area contributed by atoms with Crippen molar-refractivity contribution in [1.29, 1.82) is 0 Å². The van der Waals surface area contributed by atoms with Crippen LogP contribution in [0.4, 0.5) is 17.1 Å². The summed E-state index contributed by atoms with van der Waals surface area (Å²) in [6.45, 7) is 9.01. The number of benzene rings is 3. The standard InChI is InChI=1S/C38H50N6O6/c1-26-22-44(27(2)25-45)37(47)21-30-20-31(40-36(46)14-15-43-16-18-49-19-17-43)12-13-34(30)50-35(26)24-42(3)23-28-8-10-29(11-9-28)38(48)41-33-7-5-4-6-32(33)39/h4-13,20,26-27,35,45H,14-19,21-25,39H2,1-3H3,(H,40,46)(H,41,48)/t26-,27+,35+/m0/s1. The van der Waals surface area contributed by atoms with Crippen LogP contribution in [0.2, 0.25) is 0 Å². The second kappa shape index (κ2) is 17.4. The van der Waals surface area contributed by atoms with E-state index in [2.05, 4.69) is 27.4 Å². The molecule has 268 valence electrons. The second-order valence-electron chi connectivity index (χ2n) is 13.4. The Morgan fingerprint density at radius 1 is 1.06 bits per heavy atom. The molecule has 0 bridgehead atoms. The molecule has 3 aromatic carbocycles. The molecule has 12 nitrogen and oxygen atoms in total. The van der Waals surface area contributed by atoms with Crippen molar-refractivity contribution in [2.24, 2.45) is 5.92 Å². The lowest BCUT2D eigenvalue weighted by Crippen LogP contribution is -2.47. The number of anilines is 3. The van der Waals surface area contributed by atoms with Gasteiger partial charge in [0.05, 0.1) is 43.7 Å². The van der Waals surface area contributed by atoms with Crippen LogP contribution in [-0.4, -0.2) is 109 Å². The fourth-order valence-corrected chi connectivity index (χ4v) is 6.28. The maximum atomic E-state index is 13.6. The number of amides is 3. The molecule has 12 heteroatoms. The van der Waals surface area contributed by atoms with Crippen molar-refractivity contribution in [2.45, 2.75) is 45.4 Å². The van der Waals surface area contributed by atoms with Crippen LogP contribution in [0, 0.1) is 5.92 Å². The van der Waals surface area contributed by atoms with Gasteiger partial charge in [0.2, 0.25) is 11.8 Å². The fourth-order valence-electron chi connectivity index (χ4n) is 6.28. The third kappa shape index (κ3) is 10.0. The van der Waals surface area contributed by atoms with E-state index < -0.39 is 0 Å². The first-order valence-electron chi connectivity index (χ1n) is 17.3. The van der Waals surface area contributed by atoms with Crippen LogP contribution in [-0.2, 0) is 27.3 Å². The van der Waals surface area contributed by atoms with Crippen LogP contribution in [0.5, 0.6) is 5.75 Å².